The van der Waals surface area contributed by atoms with Crippen LogP contribution in [0.3, 0.4) is 0 Å². The molecule has 29 heavy (non-hydrogen) atoms. The molecule has 2 heterocycles. The van der Waals surface area contributed by atoms with Crippen LogP contribution in [0.25, 0.3) is 0 Å². The quantitative estimate of drug-likeness (QED) is 0.659. The minimum absolute atomic E-state index is 0.0122. The van der Waals surface area contributed by atoms with E-state index in [0.717, 1.165) is 45.8 Å². The maximum Gasteiger partial charge on any atom is 0.407 e. The number of hydrogen-bond donors (Lipinski definition) is 2. The second kappa shape index (κ2) is 10.1. The van der Waals surface area contributed by atoms with Crippen LogP contribution in [0.5, 0.6) is 0 Å². The first-order valence-electron chi connectivity index (χ1n) is 10.8. The fraction of sp³-hybridized carbons (Fsp3) is 0.905. The van der Waals surface area contributed by atoms with E-state index in [2.05, 4.69) is 34.3 Å². The molecule has 2 rings (SSSR count). The van der Waals surface area contributed by atoms with Crippen molar-refractivity contribution in [3.8, 4) is 0 Å². The third kappa shape index (κ3) is 8.10. The lowest BCUT2D eigenvalue weighted by Gasteiger charge is -2.40. The molecule has 0 aromatic heterocycles. The minimum atomic E-state index is -0.501. The highest BCUT2D eigenvalue weighted by Gasteiger charge is 2.31. The van der Waals surface area contributed by atoms with Gasteiger partial charge in [0, 0.05) is 37.8 Å². The Hall–Kier alpha value is -1.38. The van der Waals surface area contributed by atoms with Crippen LogP contribution in [-0.2, 0) is 14.3 Å². The largest absolute Gasteiger partial charge is 0.444 e. The number of carbonyl (C=O) groups is 2. The Morgan fingerprint density at radius 1 is 1.14 bits per heavy atom. The molecule has 0 spiro atoms. The van der Waals surface area contributed by atoms with E-state index >= 15 is 0 Å². The maximum atomic E-state index is 12.5. The highest BCUT2D eigenvalue weighted by molar-refractivity contribution is 5.78. The summed E-state index contributed by atoms with van der Waals surface area (Å²) < 4.78 is 10.7. The summed E-state index contributed by atoms with van der Waals surface area (Å²) in [5.41, 5.74) is -0.586. The topological polar surface area (TPSA) is 83.1 Å². The summed E-state index contributed by atoms with van der Waals surface area (Å²) in [5.74, 6) is 0.375. The van der Waals surface area contributed by atoms with Crippen LogP contribution in [0.2, 0.25) is 0 Å². The molecular formula is C21H40N4O4. The van der Waals surface area contributed by atoms with Gasteiger partial charge in [-0.05, 0) is 60.4 Å². The lowest BCUT2D eigenvalue weighted by atomic mass is 10.0. The van der Waals surface area contributed by atoms with Gasteiger partial charge in [-0.25, -0.2) is 4.79 Å². The zero-order valence-corrected chi connectivity index (χ0v) is 19.0. The number of nitrogens with zero attached hydrogens (tertiary/aromatic N) is 2. The van der Waals surface area contributed by atoms with Crippen molar-refractivity contribution in [1.82, 2.24) is 20.4 Å². The molecule has 0 radical (unpaired) electrons. The molecule has 0 aromatic carbocycles. The molecular weight excluding hydrogens is 372 g/mol. The molecule has 2 aliphatic heterocycles. The molecule has 8 nitrogen and oxygen atoms in total. The number of amides is 2. The standard InChI is InChI=1S/C21H40N4O4/c1-16(23-19(27)29-20(2,3)4)17-7-8-24(13-17)14-18(26)22-15-21(5,6)25-9-11-28-12-10-25/h16-17H,7-15H2,1-6H3,(H,22,26)(H,23,27)/t16-,17+/m0/s1. The second-order valence-electron chi connectivity index (χ2n) is 9.91. The number of morpholine rings is 1. The van der Waals surface area contributed by atoms with Crippen LogP contribution in [-0.4, -0.2) is 91.5 Å². The lowest BCUT2D eigenvalue weighted by molar-refractivity contribution is -0.122. The Morgan fingerprint density at radius 3 is 2.41 bits per heavy atom. The summed E-state index contributed by atoms with van der Waals surface area (Å²) in [5, 5.41) is 6.03. The fourth-order valence-corrected chi connectivity index (χ4v) is 3.88. The van der Waals surface area contributed by atoms with Crippen LogP contribution < -0.4 is 10.6 Å². The van der Waals surface area contributed by atoms with Crippen molar-refractivity contribution in [3.05, 3.63) is 0 Å². The first kappa shape index (κ1) is 23.9. The third-order valence-electron chi connectivity index (χ3n) is 5.71. The molecule has 2 fully saturated rings. The summed E-state index contributed by atoms with van der Waals surface area (Å²) in [6.07, 6.45) is 0.579. The predicted molar refractivity (Wildman–Crippen MR) is 113 cm³/mol. The number of likely N-dealkylation sites (tertiary alicyclic amines) is 1. The van der Waals surface area contributed by atoms with Gasteiger partial charge in [-0.3, -0.25) is 14.6 Å². The van der Waals surface area contributed by atoms with Gasteiger partial charge in [0.2, 0.25) is 5.91 Å². The fourth-order valence-electron chi connectivity index (χ4n) is 3.88. The average molecular weight is 413 g/mol. The normalized spacial score (nSPS) is 22.9. The number of alkyl carbamates (subject to hydrolysis) is 1. The van der Waals surface area contributed by atoms with Crippen LogP contribution in [0, 0.1) is 5.92 Å². The van der Waals surface area contributed by atoms with Gasteiger partial charge in [-0.2, -0.15) is 0 Å². The second-order valence-corrected chi connectivity index (χ2v) is 9.91. The van der Waals surface area contributed by atoms with Crippen molar-refractivity contribution < 1.29 is 19.1 Å². The number of rotatable bonds is 7. The van der Waals surface area contributed by atoms with Gasteiger partial charge in [0.15, 0.2) is 0 Å². The summed E-state index contributed by atoms with van der Waals surface area (Å²) in [7, 11) is 0. The molecule has 0 saturated carbocycles. The average Bonchev–Trinajstić information content (AvgIpc) is 3.08. The molecule has 2 aliphatic rings. The van der Waals surface area contributed by atoms with E-state index in [1.165, 1.54) is 0 Å². The van der Waals surface area contributed by atoms with Crippen molar-refractivity contribution in [3.63, 3.8) is 0 Å². The molecule has 8 heteroatoms. The first-order chi connectivity index (χ1) is 13.5. The Bertz CT molecular complexity index is 555. The smallest absolute Gasteiger partial charge is 0.407 e. The zero-order chi connectivity index (χ0) is 21.7. The summed E-state index contributed by atoms with van der Waals surface area (Å²) in [6, 6.07) is 0.0122. The van der Waals surface area contributed by atoms with E-state index in [-0.39, 0.29) is 23.6 Å². The van der Waals surface area contributed by atoms with Crippen LogP contribution >= 0.6 is 0 Å². The van der Waals surface area contributed by atoms with Gasteiger partial charge >= 0.3 is 6.09 Å². The summed E-state index contributed by atoms with van der Waals surface area (Å²) >= 11 is 0. The SMILES string of the molecule is C[C@H](NC(=O)OC(C)(C)C)[C@@H]1CCN(CC(=O)NCC(C)(C)N2CCOCC2)C1. The summed E-state index contributed by atoms with van der Waals surface area (Å²) in [6.45, 7) is 17.9. The van der Waals surface area contributed by atoms with Gasteiger partial charge in [0.1, 0.15) is 5.60 Å². The zero-order valence-electron chi connectivity index (χ0n) is 19.0. The molecule has 2 N–H and O–H groups in total. The van der Waals surface area contributed by atoms with Crippen molar-refractivity contribution in [1.29, 1.82) is 0 Å². The van der Waals surface area contributed by atoms with Crippen LogP contribution in [0.15, 0.2) is 0 Å². The molecule has 0 unspecified atom stereocenters. The van der Waals surface area contributed by atoms with E-state index in [0.29, 0.717) is 19.0 Å². The van der Waals surface area contributed by atoms with Gasteiger partial charge in [0.25, 0.3) is 0 Å². The van der Waals surface area contributed by atoms with E-state index in [1.807, 2.05) is 27.7 Å². The van der Waals surface area contributed by atoms with E-state index in [4.69, 9.17) is 9.47 Å². The lowest BCUT2D eigenvalue weighted by Crippen LogP contribution is -2.56. The van der Waals surface area contributed by atoms with Crippen molar-refractivity contribution >= 4 is 12.0 Å². The number of nitrogens with one attached hydrogen (secondary N) is 2. The molecule has 0 aliphatic carbocycles. The van der Waals surface area contributed by atoms with Crippen LogP contribution in [0.4, 0.5) is 4.79 Å². The van der Waals surface area contributed by atoms with Gasteiger partial charge in [-0.1, -0.05) is 0 Å². The first-order valence-corrected chi connectivity index (χ1v) is 10.8. The van der Waals surface area contributed by atoms with Gasteiger partial charge < -0.3 is 20.1 Å². The highest BCUT2D eigenvalue weighted by Crippen LogP contribution is 2.20. The maximum absolute atomic E-state index is 12.5. The molecule has 2 saturated heterocycles. The van der Waals surface area contributed by atoms with Gasteiger partial charge in [-0.15, -0.1) is 0 Å². The molecule has 2 amide bonds. The monoisotopic (exact) mass is 412 g/mol. The van der Waals surface area contributed by atoms with Crippen molar-refractivity contribution in [2.75, 3.05) is 52.5 Å². The molecule has 0 bridgehead atoms. The molecule has 2 atom stereocenters. The Labute approximate surface area is 175 Å². The Kier molecular flexibility index (Phi) is 8.31. The van der Waals surface area contributed by atoms with Crippen LogP contribution in [0.1, 0.15) is 48.0 Å². The van der Waals surface area contributed by atoms with E-state index in [1.54, 1.807) is 0 Å². The number of ether oxygens (including phenoxy) is 2. The van der Waals surface area contributed by atoms with E-state index in [9.17, 15) is 9.59 Å². The third-order valence-corrected chi connectivity index (χ3v) is 5.71. The number of hydrogen-bond acceptors (Lipinski definition) is 6. The Balaban J connectivity index is 1.70. The van der Waals surface area contributed by atoms with E-state index < -0.39 is 5.60 Å². The minimum Gasteiger partial charge on any atom is -0.444 e. The Morgan fingerprint density at radius 2 is 1.79 bits per heavy atom. The molecule has 0 aromatic rings. The summed E-state index contributed by atoms with van der Waals surface area (Å²) in [4.78, 5) is 29.0. The molecule has 168 valence electrons. The van der Waals surface area contributed by atoms with Gasteiger partial charge in [0.05, 0.1) is 19.8 Å². The predicted octanol–water partition coefficient (Wildman–Crippen LogP) is 1.45. The van der Waals surface area contributed by atoms with Crippen molar-refractivity contribution in [2.24, 2.45) is 5.92 Å². The highest BCUT2D eigenvalue weighted by atomic mass is 16.6. The van der Waals surface area contributed by atoms with Crippen molar-refractivity contribution in [2.45, 2.75) is 65.1 Å². The number of carbonyl (C=O) groups excluding carboxylic acids is 2.